The van der Waals surface area contributed by atoms with Gasteiger partial charge in [0.25, 0.3) is 0 Å². The summed E-state index contributed by atoms with van der Waals surface area (Å²) in [6.45, 7) is 0.428. The number of aliphatic hydroxyl groups is 1. The van der Waals surface area contributed by atoms with Gasteiger partial charge in [-0.15, -0.1) is 0 Å². The third-order valence-electron chi connectivity index (χ3n) is 2.89. The number of aliphatic hydroxyl groups excluding tert-OH is 1. The number of carbonyl (C=O) groups is 2. The molecule has 1 rings (SSSR count). The Balaban J connectivity index is 2.40. The molecule has 0 radical (unpaired) electrons. The zero-order chi connectivity index (χ0) is 12.1. The molecular weight excluding hydrogens is 212 g/mol. The van der Waals surface area contributed by atoms with E-state index in [2.05, 4.69) is 5.32 Å². The van der Waals surface area contributed by atoms with E-state index in [1.165, 1.54) is 0 Å². The van der Waals surface area contributed by atoms with Crippen LogP contribution in [0.15, 0.2) is 0 Å². The van der Waals surface area contributed by atoms with Crippen LogP contribution < -0.4 is 5.32 Å². The molecule has 0 aromatic carbocycles. The number of rotatable bonds is 4. The molecule has 6 nitrogen and oxygen atoms in total. The summed E-state index contributed by atoms with van der Waals surface area (Å²) in [5.74, 6) is 0.384. The average molecular weight is 230 g/mol. The first kappa shape index (κ1) is 12.8. The van der Waals surface area contributed by atoms with Crippen molar-refractivity contribution in [1.82, 2.24) is 10.2 Å². The summed E-state index contributed by atoms with van der Waals surface area (Å²) in [6, 6.07) is -0.441. The zero-order valence-corrected chi connectivity index (χ0v) is 9.35. The molecule has 0 aromatic rings. The Hall–Kier alpha value is -1.30. The number of piperidine rings is 1. The van der Waals surface area contributed by atoms with Crippen LogP contribution in [0.1, 0.15) is 19.3 Å². The van der Waals surface area contributed by atoms with Crippen LogP contribution in [0.4, 0.5) is 4.79 Å². The predicted molar refractivity (Wildman–Crippen MR) is 57.0 cm³/mol. The normalized spacial score (nSPS) is 23.0. The van der Waals surface area contributed by atoms with Crippen molar-refractivity contribution in [3.8, 4) is 0 Å². The lowest BCUT2D eigenvalue weighted by Crippen LogP contribution is -2.42. The molecule has 1 fully saturated rings. The minimum Gasteiger partial charge on any atom is -0.465 e. The van der Waals surface area contributed by atoms with E-state index in [0.29, 0.717) is 19.4 Å². The first-order valence-electron chi connectivity index (χ1n) is 5.37. The van der Waals surface area contributed by atoms with Crippen LogP contribution in [-0.2, 0) is 4.79 Å². The van der Waals surface area contributed by atoms with E-state index >= 15 is 0 Å². The van der Waals surface area contributed by atoms with Gasteiger partial charge in [0.05, 0.1) is 12.6 Å². The maximum atomic E-state index is 11.2. The Morgan fingerprint density at radius 2 is 2.38 bits per heavy atom. The third-order valence-corrected chi connectivity index (χ3v) is 2.89. The van der Waals surface area contributed by atoms with Gasteiger partial charge < -0.3 is 20.4 Å². The Labute approximate surface area is 94.2 Å². The van der Waals surface area contributed by atoms with Crippen LogP contribution >= 0.6 is 0 Å². The van der Waals surface area contributed by atoms with Gasteiger partial charge in [-0.05, 0) is 18.8 Å². The Morgan fingerprint density at radius 1 is 1.69 bits per heavy atom. The molecule has 2 atom stereocenters. The first-order valence-corrected chi connectivity index (χ1v) is 5.37. The highest BCUT2D eigenvalue weighted by atomic mass is 16.4. The molecule has 0 bridgehead atoms. The van der Waals surface area contributed by atoms with Crippen LogP contribution in [0.3, 0.4) is 0 Å². The zero-order valence-electron chi connectivity index (χ0n) is 9.35. The summed E-state index contributed by atoms with van der Waals surface area (Å²) in [5, 5.41) is 19.8. The fraction of sp³-hybridized carbons (Fsp3) is 0.800. The van der Waals surface area contributed by atoms with Crippen molar-refractivity contribution in [2.45, 2.75) is 25.3 Å². The molecule has 0 saturated carbocycles. The fourth-order valence-electron chi connectivity index (χ4n) is 2.05. The fourth-order valence-corrected chi connectivity index (χ4v) is 2.05. The molecule has 0 aliphatic carbocycles. The molecule has 0 aromatic heterocycles. The van der Waals surface area contributed by atoms with Gasteiger partial charge in [-0.25, -0.2) is 4.79 Å². The van der Waals surface area contributed by atoms with E-state index in [1.807, 2.05) is 0 Å². The van der Waals surface area contributed by atoms with Crippen molar-refractivity contribution in [2.24, 2.45) is 5.92 Å². The maximum absolute atomic E-state index is 11.2. The quantitative estimate of drug-likeness (QED) is 0.627. The Morgan fingerprint density at radius 3 is 2.88 bits per heavy atom. The number of carbonyl (C=O) groups excluding carboxylic acids is 1. The van der Waals surface area contributed by atoms with Crippen LogP contribution in [0.2, 0.25) is 0 Å². The lowest BCUT2D eigenvalue weighted by Gasteiger charge is -2.31. The van der Waals surface area contributed by atoms with E-state index in [-0.39, 0.29) is 18.4 Å². The number of nitrogens with zero attached hydrogens (tertiary/aromatic N) is 1. The molecule has 1 saturated heterocycles. The molecule has 3 N–H and O–H groups in total. The van der Waals surface area contributed by atoms with Crippen LogP contribution in [-0.4, -0.2) is 53.4 Å². The van der Waals surface area contributed by atoms with Gasteiger partial charge in [-0.2, -0.15) is 0 Å². The SMILES string of the molecule is CN1C[C@@H](C[C@@H](CO)NC(=O)O)CCC1=O. The number of nitrogens with one attached hydrogen (secondary N) is 1. The van der Waals surface area contributed by atoms with Gasteiger partial charge in [-0.1, -0.05) is 0 Å². The number of hydrogen-bond acceptors (Lipinski definition) is 3. The van der Waals surface area contributed by atoms with Gasteiger partial charge in [0.15, 0.2) is 0 Å². The highest BCUT2D eigenvalue weighted by molar-refractivity contribution is 5.76. The topological polar surface area (TPSA) is 89.9 Å². The third kappa shape index (κ3) is 3.69. The summed E-state index contributed by atoms with van der Waals surface area (Å²) in [5.41, 5.74) is 0. The smallest absolute Gasteiger partial charge is 0.404 e. The minimum atomic E-state index is -1.13. The van der Waals surface area contributed by atoms with Gasteiger partial charge >= 0.3 is 6.09 Å². The second-order valence-electron chi connectivity index (χ2n) is 4.24. The highest BCUT2D eigenvalue weighted by Crippen LogP contribution is 2.20. The molecule has 0 unspecified atom stereocenters. The number of carboxylic acid groups (broad SMARTS) is 1. The molecule has 6 heteroatoms. The summed E-state index contributed by atoms with van der Waals surface area (Å²) >= 11 is 0. The highest BCUT2D eigenvalue weighted by Gasteiger charge is 2.25. The minimum absolute atomic E-state index is 0.128. The monoisotopic (exact) mass is 230 g/mol. The van der Waals surface area contributed by atoms with Crippen LogP contribution in [0.25, 0.3) is 0 Å². The number of hydrogen-bond donors (Lipinski definition) is 3. The molecule has 2 amide bonds. The van der Waals surface area contributed by atoms with Crippen molar-refractivity contribution in [3.05, 3.63) is 0 Å². The number of amides is 2. The van der Waals surface area contributed by atoms with Crippen LogP contribution in [0.5, 0.6) is 0 Å². The molecule has 1 aliphatic heterocycles. The largest absolute Gasteiger partial charge is 0.465 e. The van der Waals surface area contributed by atoms with E-state index in [9.17, 15) is 9.59 Å². The van der Waals surface area contributed by atoms with Gasteiger partial charge in [0, 0.05) is 20.0 Å². The molecule has 1 heterocycles. The molecule has 16 heavy (non-hydrogen) atoms. The second-order valence-corrected chi connectivity index (χ2v) is 4.24. The first-order chi connectivity index (χ1) is 7.52. The standard InChI is InChI=1S/C10H18N2O4/c1-12-5-7(2-3-9(12)14)4-8(6-13)11-10(15)16/h7-8,11,13H,2-6H2,1H3,(H,15,16)/t7-,8+/m1/s1. The maximum Gasteiger partial charge on any atom is 0.404 e. The van der Waals surface area contributed by atoms with E-state index in [0.717, 1.165) is 6.42 Å². The van der Waals surface area contributed by atoms with Gasteiger partial charge in [-0.3, -0.25) is 4.79 Å². The molecular formula is C10H18N2O4. The van der Waals surface area contributed by atoms with Crippen molar-refractivity contribution in [3.63, 3.8) is 0 Å². The predicted octanol–water partition coefficient (Wildman–Crippen LogP) is -0.127. The van der Waals surface area contributed by atoms with Crippen molar-refractivity contribution in [2.75, 3.05) is 20.2 Å². The van der Waals surface area contributed by atoms with E-state index < -0.39 is 12.1 Å². The summed E-state index contributed by atoms with van der Waals surface area (Å²) < 4.78 is 0. The van der Waals surface area contributed by atoms with Crippen LogP contribution in [0, 0.1) is 5.92 Å². The molecule has 0 spiro atoms. The Kier molecular flexibility index (Phi) is 4.54. The number of likely N-dealkylation sites (tertiary alicyclic amines) is 1. The summed E-state index contributed by atoms with van der Waals surface area (Å²) in [4.78, 5) is 23.3. The summed E-state index contributed by atoms with van der Waals surface area (Å²) in [7, 11) is 1.74. The summed E-state index contributed by atoms with van der Waals surface area (Å²) in [6.07, 6.45) is 0.715. The van der Waals surface area contributed by atoms with Crippen molar-refractivity contribution in [1.29, 1.82) is 0 Å². The molecule has 1 aliphatic rings. The van der Waals surface area contributed by atoms with Crippen molar-refractivity contribution >= 4 is 12.0 Å². The van der Waals surface area contributed by atoms with E-state index in [1.54, 1.807) is 11.9 Å². The van der Waals surface area contributed by atoms with Crippen molar-refractivity contribution < 1.29 is 19.8 Å². The lowest BCUT2D eigenvalue weighted by molar-refractivity contribution is -0.133. The molecule has 92 valence electrons. The average Bonchev–Trinajstić information content (AvgIpc) is 2.22. The Bertz CT molecular complexity index is 270. The van der Waals surface area contributed by atoms with E-state index in [4.69, 9.17) is 10.2 Å². The lowest BCUT2D eigenvalue weighted by atomic mass is 9.91. The van der Waals surface area contributed by atoms with Gasteiger partial charge in [0.2, 0.25) is 5.91 Å². The second kappa shape index (κ2) is 5.69. The van der Waals surface area contributed by atoms with Gasteiger partial charge in [0.1, 0.15) is 0 Å².